The molecule has 3 heterocycles. The average Bonchev–Trinajstić information content (AvgIpc) is 2.93. The molecule has 2 aliphatic rings. The molecule has 8 nitrogen and oxygen atoms in total. The van der Waals surface area contributed by atoms with E-state index in [0.717, 1.165) is 55.5 Å². The molecular formula is C20H31N7O. The van der Waals surface area contributed by atoms with Crippen LogP contribution in [-0.4, -0.2) is 50.3 Å². The molecule has 3 N–H and O–H groups in total. The lowest BCUT2D eigenvalue weighted by Gasteiger charge is -2.37. The molecule has 152 valence electrons. The van der Waals surface area contributed by atoms with E-state index in [4.69, 9.17) is 5.73 Å². The summed E-state index contributed by atoms with van der Waals surface area (Å²) in [5.41, 5.74) is 6.71. The highest BCUT2D eigenvalue weighted by atomic mass is 16.2. The van der Waals surface area contributed by atoms with Gasteiger partial charge in [-0.2, -0.15) is 5.10 Å². The summed E-state index contributed by atoms with van der Waals surface area (Å²) in [6.45, 7) is 4.15. The van der Waals surface area contributed by atoms with Gasteiger partial charge < -0.3 is 16.0 Å². The zero-order valence-corrected chi connectivity index (χ0v) is 16.6. The summed E-state index contributed by atoms with van der Waals surface area (Å²) in [5, 5.41) is 8.54. The van der Waals surface area contributed by atoms with Crippen LogP contribution in [0.2, 0.25) is 0 Å². The second-order valence-corrected chi connectivity index (χ2v) is 8.22. The van der Waals surface area contributed by atoms with Crippen molar-refractivity contribution in [3.05, 3.63) is 18.2 Å². The number of hydrogen-bond donors (Lipinski definition) is 2. The van der Waals surface area contributed by atoms with Gasteiger partial charge in [-0.15, -0.1) is 0 Å². The molecule has 2 amide bonds. The van der Waals surface area contributed by atoms with Gasteiger partial charge in [0, 0.05) is 6.54 Å². The van der Waals surface area contributed by atoms with Crippen LogP contribution in [0.4, 0.5) is 4.79 Å². The number of hydrogen-bond acceptors (Lipinski definition) is 5. The van der Waals surface area contributed by atoms with E-state index in [9.17, 15) is 4.79 Å². The number of carbonyl (C=O) groups excluding carboxylic acids is 1. The zero-order chi connectivity index (χ0) is 19.4. The third kappa shape index (κ3) is 3.97. The van der Waals surface area contributed by atoms with Crippen LogP contribution in [0.5, 0.6) is 0 Å². The molecule has 8 heteroatoms. The molecule has 2 aromatic heterocycles. The fourth-order valence-corrected chi connectivity index (χ4v) is 4.85. The normalized spacial score (nSPS) is 20.7. The van der Waals surface area contributed by atoms with Crippen LogP contribution < -0.4 is 11.1 Å². The van der Waals surface area contributed by atoms with Crippen molar-refractivity contribution in [3.63, 3.8) is 0 Å². The first-order valence-corrected chi connectivity index (χ1v) is 10.6. The third-order valence-corrected chi connectivity index (χ3v) is 6.28. The summed E-state index contributed by atoms with van der Waals surface area (Å²) in [4.78, 5) is 23.4. The zero-order valence-electron chi connectivity index (χ0n) is 16.6. The maximum Gasteiger partial charge on any atom is 0.312 e. The van der Waals surface area contributed by atoms with Gasteiger partial charge in [-0.25, -0.2) is 19.4 Å². The SMILES string of the molecule is NC(=O)NC1(c2ncnc3c2cnn3CCN2CCCCCC2)CCCCC1. The van der Waals surface area contributed by atoms with E-state index in [1.165, 1.54) is 45.2 Å². The Hall–Kier alpha value is -2.22. The van der Waals surface area contributed by atoms with E-state index in [0.29, 0.717) is 0 Å². The smallest absolute Gasteiger partial charge is 0.312 e. The molecule has 1 saturated carbocycles. The second-order valence-electron chi connectivity index (χ2n) is 8.22. The fourth-order valence-electron chi connectivity index (χ4n) is 4.85. The Bertz CT molecular complexity index is 804. The van der Waals surface area contributed by atoms with E-state index < -0.39 is 11.6 Å². The predicted octanol–water partition coefficient (Wildman–Crippen LogP) is 2.53. The molecule has 0 unspecified atom stereocenters. The Balaban J connectivity index is 1.59. The molecule has 0 atom stereocenters. The number of likely N-dealkylation sites (tertiary alicyclic amines) is 1. The van der Waals surface area contributed by atoms with Crippen LogP contribution in [0.15, 0.2) is 12.5 Å². The van der Waals surface area contributed by atoms with Gasteiger partial charge in [0.05, 0.1) is 29.4 Å². The molecule has 1 aliphatic heterocycles. The van der Waals surface area contributed by atoms with Crippen molar-refractivity contribution < 1.29 is 4.79 Å². The second kappa shape index (κ2) is 8.43. The lowest BCUT2D eigenvalue weighted by atomic mass is 9.78. The number of carbonyl (C=O) groups is 1. The van der Waals surface area contributed by atoms with Crippen LogP contribution >= 0.6 is 0 Å². The van der Waals surface area contributed by atoms with Crippen LogP contribution in [0.3, 0.4) is 0 Å². The van der Waals surface area contributed by atoms with Gasteiger partial charge >= 0.3 is 6.03 Å². The summed E-state index contributed by atoms with van der Waals surface area (Å²) in [6.07, 6.45) is 13.7. The number of fused-ring (bicyclic) bond motifs is 1. The molecule has 0 radical (unpaired) electrons. The molecule has 2 fully saturated rings. The Labute approximate surface area is 165 Å². The molecular weight excluding hydrogens is 354 g/mol. The third-order valence-electron chi connectivity index (χ3n) is 6.28. The minimum Gasteiger partial charge on any atom is -0.352 e. The molecule has 1 aliphatic carbocycles. The van der Waals surface area contributed by atoms with Crippen molar-refractivity contribution in [3.8, 4) is 0 Å². The van der Waals surface area contributed by atoms with E-state index in [1.54, 1.807) is 6.33 Å². The maximum absolute atomic E-state index is 11.7. The monoisotopic (exact) mass is 385 g/mol. The van der Waals surface area contributed by atoms with Crippen LogP contribution in [0.25, 0.3) is 11.0 Å². The first-order valence-electron chi connectivity index (χ1n) is 10.6. The minimum absolute atomic E-state index is 0.498. The number of nitrogens with two attached hydrogens (primary N) is 1. The summed E-state index contributed by atoms with van der Waals surface area (Å²) >= 11 is 0. The van der Waals surface area contributed by atoms with E-state index in [2.05, 4.69) is 25.3 Å². The molecule has 0 spiro atoms. The van der Waals surface area contributed by atoms with Crippen molar-refractivity contribution in [2.75, 3.05) is 19.6 Å². The minimum atomic E-state index is -0.510. The summed E-state index contributed by atoms with van der Waals surface area (Å²) in [5.74, 6) is 0. The standard InChI is InChI=1S/C20H31N7O/c21-19(28)25-20(8-4-3-5-9-20)17-16-14-24-27(18(16)23-15-22-17)13-12-26-10-6-1-2-7-11-26/h14-15H,1-13H2,(H3,21,25,28). The Morgan fingerprint density at radius 1 is 1.04 bits per heavy atom. The van der Waals surface area contributed by atoms with Crippen molar-refractivity contribution >= 4 is 17.1 Å². The fraction of sp³-hybridized carbons (Fsp3) is 0.700. The van der Waals surface area contributed by atoms with Crippen molar-refractivity contribution in [2.24, 2.45) is 5.73 Å². The lowest BCUT2D eigenvalue weighted by molar-refractivity contribution is 0.208. The summed E-state index contributed by atoms with van der Waals surface area (Å²) in [6, 6.07) is -0.498. The first-order chi connectivity index (χ1) is 13.7. The Morgan fingerprint density at radius 3 is 2.46 bits per heavy atom. The van der Waals surface area contributed by atoms with E-state index in [1.807, 2.05) is 10.9 Å². The first kappa shape index (κ1) is 19.1. The highest BCUT2D eigenvalue weighted by Gasteiger charge is 2.38. The molecule has 0 aromatic carbocycles. The maximum atomic E-state index is 11.7. The van der Waals surface area contributed by atoms with Gasteiger partial charge in [-0.3, -0.25) is 0 Å². The topological polar surface area (TPSA) is 102 Å². The van der Waals surface area contributed by atoms with Gasteiger partial charge in [-0.05, 0) is 38.8 Å². The van der Waals surface area contributed by atoms with Gasteiger partial charge in [-0.1, -0.05) is 32.1 Å². The van der Waals surface area contributed by atoms with Gasteiger partial charge in [0.2, 0.25) is 0 Å². The molecule has 4 rings (SSSR count). The number of urea groups is 1. The summed E-state index contributed by atoms with van der Waals surface area (Å²) in [7, 11) is 0. The number of nitrogens with one attached hydrogen (secondary N) is 1. The predicted molar refractivity (Wildman–Crippen MR) is 108 cm³/mol. The number of amides is 2. The summed E-state index contributed by atoms with van der Waals surface area (Å²) < 4.78 is 1.98. The van der Waals surface area contributed by atoms with Crippen LogP contribution in [0.1, 0.15) is 63.5 Å². The Morgan fingerprint density at radius 2 is 1.75 bits per heavy atom. The van der Waals surface area contributed by atoms with Crippen LogP contribution in [0, 0.1) is 0 Å². The highest BCUT2D eigenvalue weighted by molar-refractivity contribution is 5.80. The molecule has 1 saturated heterocycles. The number of primary amides is 1. The quantitative estimate of drug-likeness (QED) is 0.823. The van der Waals surface area contributed by atoms with Gasteiger partial charge in [0.25, 0.3) is 0 Å². The number of rotatable bonds is 5. The van der Waals surface area contributed by atoms with E-state index in [-0.39, 0.29) is 0 Å². The van der Waals surface area contributed by atoms with Crippen molar-refractivity contribution in [1.29, 1.82) is 0 Å². The Kier molecular flexibility index (Phi) is 5.75. The van der Waals surface area contributed by atoms with E-state index >= 15 is 0 Å². The number of aromatic nitrogens is 4. The van der Waals surface area contributed by atoms with Gasteiger partial charge in [0.1, 0.15) is 6.33 Å². The molecule has 0 bridgehead atoms. The molecule has 28 heavy (non-hydrogen) atoms. The largest absolute Gasteiger partial charge is 0.352 e. The van der Waals surface area contributed by atoms with Gasteiger partial charge in [0.15, 0.2) is 5.65 Å². The number of nitrogens with zero attached hydrogens (tertiary/aromatic N) is 5. The van der Waals surface area contributed by atoms with Crippen molar-refractivity contribution in [1.82, 2.24) is 30.0 Å². The van der Waals surface area contributed by atoms with Crippen molar-refractivity contribution in [2.45, 2.75) is 69.9 Å². The lowest BCUT2D eigenvalue weighted by Crippen LogP contribution is -2.50. The van der Waals surface area contributed by atoms with Crippen LogP contribution in [-0.2, 0) is 12.1 Å². The molecule has 2 aromatic rings. The highest BCUT2D eigenvalue weighted by Crippen LogP contribution is 2.38. The average molecular weight is 386 g/mol.